The van der Waals surface area contributed by atoms with Crippen molar-refractivity contribution in [2.75, 3.05) is 7.11 Å². The Kier molecular flexibility index (Phi) is 2.07. The van der Waals surface area contributed by atoms with Gasteiger partial charge in [-0.1, -0.05) is 19.9 Å². The van der Waals surface area contributed by atoms with E-state index in [4.69, 9.17) is 4.74 Å². The first-order chi connectivity index (χ1) is 6.97. The molecule has 0 saturated carbocycles. The Labute approximate surface area is 88.1 Å². The molecule has 1 aliphatic carbocycles. The molecule has 0 spiro atoms. The summed E-state index contributed by atoms with van der Waals surface area (Å²) in [7, 11) is 1.39. The van der Waals surface area contributed by atoms with Crippen molar-refractivity contribution in [3.05, 3.63) is 29.1 Å². The van der Waals surface area contributed by atoms with E-state index < -0.39 is 11.2 Å². The molecule has 80 valence electrons. The summed E-state index contributed by atoms with van der Waals surface area (Å²) in [5.41, 5.74) is 0.856. The van der Waals surface area contributed by atoms with Gasteiger partial charge in [-0.15, -0.1) is 0 Å². The van der Waals surface area contributed by atoms with E-state index in [9.17, 15) is 9.18 Å². The Morgan fingerprint density at radius 1 is 1.40 bits per heavy atom. The van der Waals surface area contributed by atoms with Gasteiger partial charge in [0.15, 0.2) is 17.3 Å². The van der Waals surface area contributed by atoms with Crippen molar-refractivity contribution in [1.29, 1.82) is 0 Å². The van der Waals surface area contributed by atoms with Crippen LogP contribution in [0.25, 0.3) is 0 Å². The minimum Gasteiger partial charge on any atom is -0.493 e. The van der Waals surface area contributed by atoms with Crippen LogP contribution >= 0.6 is 0 Å². The molecule has 0 atom stereocenters. The van der Waals surface area contributed by atoms with E-state index in [-0.39, 0.29) is 11.5 Å². The predicted octanol–water partition coefficient (Wildman–Crippen LogP) is 2.60. The molecule has 0 heterocycles. The number of carbonyl (C=O) groups excluding carboxylic acids is 1. The van der Waals surface area contributed by atoms with Crippen LogP contribution in [-0.4, -0.2) is 12.9 Å². The van der Waals surface area contributed by atoms with Crippen LogP contribution in [0, 0.1) is 11.2 Å². The second-order valence-electron chi connectivity index (χ2n) is 4.50. The Hall–Kier alpha value is -1.38. The van der Waals surface area contributed by atoms with Gasteiger partial charge in [-0.05, 0) is 18.1 Å². The lowest BCUT2D eigenvalue weighted by Crippen LogP contribution is -2.19. The maximum absolute atomic E-state index is 13.4. The van der Waals surface area contributed by atoms with Gasteiger partial charge in [0.2, 0.25) is 0 Å². The van der Waals surface area contributed by atoms with Gasteiger partial charge in [-0.3, -0.25) is 4.79 Å². The number of ether oxygens (including phenoxy) is 1. The molecule has 3 heteroatoms. The van der Waals surface area contributed by atoms with Crippen LogP contribution in [0.4, 0.5) is 4.39 Å². The third-order valence-electron chi connectivity index (χ3n) is 2.87. The minimum absolute atomic E-state index is 0.0335. The number of benzene rings is 1. The molecule has 0 amide bonds. The second-order valence-corrected chi connectivity index (χ2v) is 4.50. The molecule has 1 aromatic rings. The van der Waals surface area contributed by atoms with E-state index in [1.807, 2.05) is 13.8 Å². The summed E-state index contributed by atoms with van der Waals surface area (Å²) < 4.78 is 18.3. The van der Waals surface area contributed by atoms with Crippen LogP contribution in [0.1, 0.15) is 29.8 Å². The molecule has 0 N–H and O–H groups in total. The average molecular weight is 208 g/mol. The first kappa shape index (κ1) is 10.1. The molecule has 0 aliphatic heterocycles. The smallest absolute Gasteiger partial charge is 0.172 e. The highest BCUT2D eigenvalue weighted by atomic mass is 19.1. The number of Topliss-reactive ketones (excluding diaryl/α,β-unsaturated/α-hetero) is 1. The molecule has 15 heavy (non-hydrogen) atoms. The predicted molar refractivity (Wildman–Crippen MR) is 54.8 cm³/mol. The fourth-order valence-electron chi connectivity index (χ4n) is 2.09. The summed E-state index contributed by atoms with van der Waals surface area (Å²) in [5, 5.41) is 0. The normalized spacial score (nSPS) is 17.7. The fourth-order valence-corrected chi connectivity index (χ4v) is 2.09. The third-order valence-corrected chi connectivity index (χ3v) is 2.87. The van der Waals surface area contributed by atoms with Crippen LogP contribution < -0.4 is 4.74 Å². The minimum atomic E-state index is -0.470. The summed E-state index contributed by atoms with van der Waals surface area (Å²) >= 11 is 0. The molecule has 2 nitrogen and oxygen atoms in total. The van der Waals surface area contributed by atoms with Crippen LogP contribution in [-0.2, 0) is 6.42 Å². The summed E-state index contributed by atoms with van der Waals surface area (Å²) in [6, 6.07) is 3.02. The van der Waals surface area contributed by atoms with Crippen molar-refractivity contribution >= 4 is 5.78 Å². The topological polar surface area (TPSA) is 26.3 Å². The van der Waals surface area contributed by atoms with E-state index in [1.165, 1.54) is 13.2 Å². The average Bonchev–Trinajstić information content (AvgIpc) is 2.40. The molecule has 0 unspecified atom stereocenters. The van der Waals surface area contributed by atoms with Gasteiger partial charge in [0.1, 0.15) is 0 Å². The molecule has 0 fully saturated rings. The Bertz CT molecular complexity index is 435. The van der Waals surface area contributed by atoms with Gasteiger partial charge in [0.05, 0.1) is 12.7 Å². The van der Waals surface area contributed by atoms with Crippen molar-refractivity contribution < 1.29 is 13.9 Å². The van der Waals surface area contributed by atoms with E-state index in [0.717, 1.165) is 5.56 Å². The van der Waals surface area contributed by atoms with Crippen LogP contribution in [0.15, 0.2) is 12.1 Å². The maximum atomic E-state index is 13.4. The quantitative estimate of drug-likeness (QED) is 0.709. The number of ketones is 1. The number of hydrogen-bond acceptors (Lipinski definition) is 2. The summed E-state index contributed by atoms with van der Waals surface area (Å²) in [4.78, 5) is 12.0. The van der Waals surface area contributed by atoms with Gasteiger partial charge in [-0.25, -0.2) is 4.39 Å². The number of hydrogen-bond donors (Lipinski definition) is 0. The molecular formula is C12H13FO2. The zero-order valence-electron chi connectivity index (χ0n) is 9.06. The van der Waals surface area contributed by atoms with Crippen LogP contribution in [0.3, 0.4) is 0 Å². The molecule has 1 aliphatic rings. The van der Waals surface area contributed by atoms with Gasteiger partial charge in [0.25, 0.3) is 0 Å². The molecule has 0 bridgehead atoms. The highest BCUT2D eigenvalue weighted by Gasteiger charge is 2.40. The molecule has 1 aromatic carbocycles. The third kappa shape index (κ3) is 1.34. The largest absolute Gasteiger partial charge is 0.493 e. The van der Waals surface area contributed by atoms with E-state index >= 15 is 0 Å². The zero-order valence-corrected chi connectivity index (χ0v) is 9.06. The molecule has 2 rings (SSSR count). The Morgan fingerprint density at radius 2 is 2.07 bits per heavy atom. The van der Waals surface area contributed by atoms with Crippen LogP contribution in [0.2, 0.25) is 0 Å². The number of halogens is 1. The van der Waals surface area contributed by atoms with E-state index in [2.05, 4.69) is 0 Å². The molecule has 0 aromatic heterocycles. The Balaban J connectivity index is 2.66. The number of rotatable bonds is 1. The van der Waals surface area contributed by atoms with Crippen molar-refractivity contribution in [3.8, 4) is 5.75 Å². The summed E-state index contributed by atoms with van der Waals surface area (Å²) in [6.07, 6.45) is 0.651. The monoisotopic (exact) mass is 208 g/mol. The highest BCUT2D eigenvalue weighted by Crippen LogP contribution is 2.41. The maximum Gasteiger partial charge on any atom is 0.172 e. The molecule has 0 radical (unpaired) electrons. The van der Waals surface area contributed by atoms with Crippen molar-refractivity contribution in [1.82, 2.24) is 0 Å². The van der Waals surface area contributed by atoms with Crippen molar-refractivity contribution in [3.63, 3.8) is 0 Å². The fraction of sp³-hybridized carbons (Fsp3) is 0.417. The summed E-state index contributed by atoms with van der Waals surface area (Å²) in [5.74, 6) is -0.417. The van der Waals surface area contributed by atoms with Gasteiger partial charge < -0.3 is 4.74 Å². The number of carbonyl (C=O) groups is 1. The first-order valence-corrected chi connectivity index (χ1v) is 4.87. The van der Waals surface area contributed by atoms with Crippen molar-refractivity contribution in [2.24, 2.45) is 5.41 Å². The number of fused-ring (bicyclic) bond motifs is 1. The lowest BCUT2D eigenvalue weighted by Gasteiger charge is -2.13. The van der Waals surface area contributed by atoms with E-state index in [1.54, 1.807) is 6.07 Å². The lowest BCUT2D eigenvalue weighted by atomic mass is 9.89. The van der Waals surface area contributed by atoms with Crippen LogP contribution in [0.5, 0.6) is 5.75 Å². The van der Waals surface area contributed by atoms with Gasteiger partial charge in [-0.2, -0.15) is 0 Å². The standard InChI is InChI=1S/C12H13FO2/c1-12(2)6-7-4-5-8(13)10(15-3)9(7)11(12)14/h4-5H,6H2,1-3H3. The second kappa shape index (κ2) is 3.05. The Morgan fingerprint density at radius 3 is 2.67 bits per heavy atom. The number of methoxy groups -OCH3 is 1. The molecule has 0 saturated heterocycles. The van der Waals surface area contributed by atoms with E-state index in [0.29, 0.717) is 12.0 Å². The first-order valence-electron chi connectivity index (χ1n) is 4.87. The molecular weight excluding hydrogens is 195 g/mol. The highest BCUT2D eigenvalue weighted by molar-refractivity contribution is 6.06. The van der Waals surface area contributed by atoms with Gasteiger partial charge >= 0.3 is 0 Å². The lowest BCUT2D eigenvalue weighted by molar-refractivity contribution is 0.0860. The SMILES string of the molecule is COc1c(F)ccc2c1C(=O)C(C)(C)C2. The zero-order chi connectivity index (χ0) is 11.2. The summed E-state index contributed by atoms with van der Waals surface area (Å²) in [6.45, 7) is 3.74. The van der Waals surface area contributed by atoms with Crippen molar-refractivity contribution in [2.45, 2.75) is 20.3 Å². The van der Waals surface area contributed by atoms with Gasteiger partial charge in [0, 0.05) is 5.41 Å².